The molecule has 0 spiro atoms. The lowest BCUT2D eigenvalue weighted by Gasteiger charge is -2.05. The number of rotatable bonds is 4. The van der Waals surface area contributed by atoms with Crippen LogP contribution in [0.1, 0.15) is 11.1 Å². The molecule has 0 unspecified atom stereocenters. The van der Waals surface area contributed by atoms with E-state index in [1.165, 1.54) is 0 Å². The van der Waals surface area contributed by atoms with Crippen molar-refractivity contribution in [3.05, 3.63) is 59.8 Å². The van der Waals surface area contributed by atoms with Crippen molar-refractivity contribution in [2.75, 3.05) is 5.32 Å². The normalized spacial score (nSPS) is 10.1. The molecule has 2 rings (SSSR count). The fourth-order valence-corrected chi connectivity index (χ4v) is 1.61. The van der Waals surface area contributed by atoms with E-state index in [0.29, 0.717) is 12.2 Å². The van der Waals surface area contributed by atoms with Crippen LogP contribution in [-0.2, 0) is 17.8 Å². The summed E-state index contributed by atoms with van der Waals surface area (Å²) in [6.07, 6.45) is 1.87. The lowest BCUT2D eigenvalue weighted by atomic mass is 10.1. The predicted octanol–water partition coefficient (Wildman–Crippen LogP) is 1.76. The summed E-state index contributed by atoms with van der Waals surface area (Å²) in [6.45, 7) is -0.0654. The molecule has 18 heavy (non-hydrogen) atoms. The maximum Gasteiger partial charge on any atom is 0.229 e. The summed E-state index contributed by atoms with van der Waals surface area (Å²) in [4.78, 5) is 15.8. The molecule has 2 aromatic rings. The number of benzene rings is 1. The Hall–Kier alpha value is -2.20. The number of hydrogen-bond donors (Lipinski definition) is 2. The molecule has 0 atom stereocenters. The number of carbonyl (C=O) groups excluding carboxylic acids is 1. The quantitative estimate of drug-likeness (QED) is 0.858. The van der Waals surface area contributed by atoms with E-state index in [-0.39, 0.29) is 12.5 Å². The number of pyridine rings is 1. The van der Waals surface area contributed by atoms with Crippen molar-refractivity contribution >= 4 is 11.7 Å². The molecule has 1 heterocycles. The molecule has 0 aliphatic carbocycles. The first kappa shape index (κ1) is 12.3. The Bertz CT molecular complexity index is 526. The minimum Gasteiger partial charge on any atom is -0.392 e. The van der Waals surface area contributed by atoms with E-state index in [1.807, 2.05) is 30.3 Å². The van der Waals surface area contributed by atoms with Gasteiger partial charge in [0.15, 0.2) is 0 Å². The van der Waals surface area contributed by atoms with Gasteiger partial charge in [-0.05, 0) is 23.3 Å². The Kier molecular flexibility index (Phi) is 4.04. The minimum atomic E-state index is -0.121. The van der Waals surface area contributed by atoms with E-state index in [1.54, 1.807) is 18.3 Å². The SMILES string of the molecule is O=C(Cc1ccccc1)Nc1cc(CO)ccn1. The number of anilines is 1. The number of aromatic nitrogens is 1. The van der Waals surface area contributed by atoms with E-state index < -0.39 is 0 Å². The van der Waals surface area contributed by atoms with Crippen LogP contribution < -0.4 is 5.32 Å². The first-order chi connectivity index (χ1) is 8.78. The Morgan fingerprint density at radius 2 is 1.94 bits per heavy atom. The molecule has 0 aliphatic heterocycles. The molecule has 2 N–H and O–H groups in total. The van der Waals surface area contributed by atoms with Gasteiger partial charge in [0.25, 0.3) is 0 Å². The highest BCUT2D eigenvalue weighted by Crippen LogP contribution is 2.08. The maximum atomic E-state index is 11.8. The molecular formula is C14H14N2O2. The monoisotopic (exact) mass is 242 g/mol. The van der Waals surface area contributed by atoms with Crippen LogP contribution in [0.2, 0.25) is 0 Å². The van der Waals surface area contributed by atoms with Gasteiger partial charge in [-0.1, -0.05) is 30.3 Å². The lowest BCUT2D eigenvalue weighted by molar-refractivity contribution is -0.115. The summed E-state index contributed by atoms with van der Waals surface area (Å²) in [7, 11) is 0. The van der Waals surface area contributed by atoms with E-state index >= 15 is 0 Å². The van der Waals surface area contributed by atoms with E-state index in [4.69, 9.17) is 5.11 Å². The van der Waals surface area contributed by atoms with Crippen molar-refractivity contribution in [3.63, 3.8) is 0 Å². The maximum absolute atomic E-state index is 11.8. The predicted molar refractivity (Wildman–Crippen MR) is 68.9 cm³/mol. The third-order valence-corrected chi connectivity index (χ3v) is 2.48. The van der Waals surface area contributed by atoms with Crippen LogP contribution in [0.4, 0.5) is 5.82 Å². The first-order valence-corrected chi connectivity index (χ1v) is 5.67. The summed E-state index contributed by atoms with van der Waals surface area (Å²) in [5, 5.41) is 11.7. The molecule has 0 bridgehead atoms. The highest BCUT2D eigenvalue weighted by Gasteiger charge is 2.04. The van der Waals surface area contributed by atoms with Crippen LogP contribution in [0.3, 0.4) is 0 Å². The Morgan fingerprint density at radius 3 is 2.67 bits per heavy atom. The number of nitrogens with one attached hydrogen (secondary N) is 1. The summed E-state index contributed by atoms with van der Waals surface area (Å²) in [5.74, 6) is 0.339. The summed E-state index contributed by atoms with van der Waals surface area (Å²) < 4.78 is 0. The van der Waals surface area contributed by atoms with Crippen molar-refractivity contribution in [1.29, 1.82) is 0 Å². The van der Waals surface area contributed by atoms with Crippen molar-refractivity contribution in [2.45, 2.75) is 13.0 Å². The third-order valence-electron chi connectivity index (χ3n) is 2.48. The second kappa shape index (κ2) is 5.93. The molecular weight excluding hydrogens is 228 g/mol. The first-order valence-electron chi connectivity index (χ1n) is 5.67. The molecule has 0 saturated heterocycles. The Labute approximate surface area is 105 Å². The van der Waals surface area contributed by atoms with Gasteiger partial charge in [-0.2, -0.15) is 0 Å². The Balaban J connectivity index is 1.99. The van der Waals surface area contributed by atoms with Crippen LogP contribution in [0.15, 0.2) is 48.7 Å². The zero-order chi connectivity index (χ0) is 12.8. The smallest absolute Gasteiger partial charge is 0.229 e. The zero-order valence-electron chi connectivity index (χ0n) is 9.84. The minimum absolute atomic E-state index is 0.0654. The number of carbonyl (C=O) groups is 1. The average molecular weight is 242 g/mol. The molecule has 0 aliphatic rings. The molecule has 4 nitrogen and oxygen atoms in total. The Morgan fingerprint density at radius 1 is 1.17 bits per heavy atom. The number of amides is 1. The van der Waals surface area contributed by atoms with Gasteiger partial charge in [-0.3, -0.25) is 4.79 Å². The third kappa shape index (κ3) is 3.40. The summed E-state index contributed by atoms with van der Waals surface area (Å²) in [5.41, 5.74) is 1.67. The van der Waals surface area contributed by atoms with Gasteiger partial charge in [0, 0.05) is 6.20 Å². The topological polar surface area (TPSA) is 62.2 Å². The standard InChI is InChI=1S/C14H14N2O2/c17-10-12-6-7-15-13(8-12)16-14(18)9-11-4-2-1-3-5-11/h1-8,17H,9-10H2,(H,15,16,18). The van der Waals surface area contributed by atoms with Gasteiger partial charge in [0.2, 0.25) is 5.91 Å². The van der Waals surface area contributed by atoms with Crippen LogP contribution in [-0.4, -0.2) is 16.0 Å². The fourth-order valence-electron chi connectivity index (χ4n) is 1.61. The van der Waals surface area contributed by atoms with E-state index in [0.717, 1.165) is 11.1 Å². The molecule has 1 aromatic heterocycles. The zero-order valence-corrected chi connectivity index (χ0v) is 9.84. The van der Waals surface area contributed by atoms with Crippen molar-refractivity contribution in [1.82, 2.24) is 4.98 Å². The molecule has 1 aromatic carbocycles. The van der Waals surface area contributed by atoms with E-state index in [2.05, 4.69) is 10.3 Å². The van der Waals surface area contributed by atoms with Gasteiger partial charge in [0.05, 0.1) is 13.0 Å². The molecule has 0 saturated carbocycles. The van der Waals surface area contributed by atoms with Gasteiger partial charge < -0.3 is 10.4 Å². The largest absolute Gasteiger partial charge is 0.392 e. The second-order valence-corrected chi connectivity index (χ2v) is 3.92. The number of nitrogens with zero attached hydrogens (tertiary/aromatic N) is 1. The molecule has 4 heteroatoms. The van der Waals surface area contributed by atoms with E-state index in [9.17, 15) is 4.79 Å². The van der Waals surface area contributed by atoms with Gasteiger partial charge in [0.1, 0.15) is 5.82 Å². The highest BCUT2D eigenvalue weighted by atomic mass is 16.3. The fraction of sp³-hybridized carbons (Fsp3) is 0.143. The van der Waals surface area contributed by atoms with Gasteiger partial charge in [-0.15, -0.1) is 0 Å². The van der Waals surface area contributed by atoms with Crippen molar-refractivity contribution < 1.29 is 9.90 Å². The van der Waals surface area contributed by atoms with Gasteiger partial charge >= 0.3 is 0 Å². The average Bonchev–Trinajstić information content (AvgIpc) is 2.40. The van der Waals surface area contributed by atoms with Crippen LogP contribution in [0.25, 0.3) is 0 Å². The lowest BCUT2D eigenvalue weighted by Crippen LogP contribution is -2.15. The van der Waals surface area contributed by atoms with Crippen molar-refractivity contribution in [2.24, 2.45) is 0 Å². The van der Waals surface area contributed by atoms with Crippen LogP contribution >= 0.6 is 0 Å². The van der Waals surface area contributed by atoms with Crippen LogP contribution in [0.5, 0.6) is 0 Å². The number of aliphatic hydroxyl groups excluding tert-OH is 1. The van der Waals surface area contributed by atoms with Gasteiger partial charge in [-0.25, -0.2) is 4.98 Å². The molecule has 0 radical (unpaired) electrons. The van der Waals surface area contributed by atoms with Crippen molar-refractivity contribution in [3.8, 4) is 0 Å². The second-order valence-electron chi connectivity index (χ2n) is 3.92. The molecule has 0 fully saturated rings. The molecule has 1 amide bonds. The highest BCUT2D eigenvalue weighted by molar-refractivity contribution is 5.91. The summed E-state index contributed by atoms with van der Waals surface area (Å²) >= 11 is 0. The molecule has 92 valence electrons. The number of aliphatic hydroxyl groups is 1. The number of hydrogen-bond acceptors (Lipinski definition) is 3. The summed E-state index contributed by atoms with van der Waals surface area (Å²) in [6, 6.07) is 12.9. The van der Waals surface area contributed by atoms with Crippen LogP contribution in [0, 0.1) is 0 Å².